The maximum Gasteiger partial charge on any atom is 0.267 e. The van der Waals surface area contributed by atoms with Crippen LogP contribution >= 0.6 is 0 Å². The van der Waals surface area contributed by atoms with Crippen LogP contribution in [0.1, 0.15) is 38.7 Å². The molecule has 1 fully saturated rings. The molecule has 3 rings (SSSR count). The molecule has 1 atom stereocenters. The van der Waals surface area contributed by atoms with E-state index in [0.29, 0.717) is 12.0 Å². The van der Waals surface area contributed by atoms with E-state index < -0.39 is 5.60 Å². The van der Waals surface area contributed by atoms with Crippen molar-refractivity contribution in [2.24, 2.45) is 5.16 Å². The van der Waals surface area contributed by atoms with Crippen molar-refractivity contribution in [1.82, 2.24) is 10.3 Å². The first kappa shape index (κ1) is 16.2. The Morgan fingerprint density at radius 2 is 2.25 bits per heavy atom. The second-order valence-electron chi connectivity index (χ2n) is 6.55. The second-order valence-corrected chi connectivity index (χ2v) is 6.55. The molecule has 0 aliphatic carbocycles. The van der Waals surface area contributed by atoms with Gasteiger partial charge < -0.3 is 15.1 Å². The van der Waals surface area contributed by atoms with Gasteiger partial charge in [-0.3, -0.25) is 4.79 Å². The lowest BCUT2D eigenvalue weighted by atomic mass is 9.97. The number of rotatable bonds is 3. The zero-order valence-corrected chi connectivity index (χ0v) is 14.0. The van der Waals surface area contributed by atoms with Gasteiger partial charge in [0.05, 0.1) is 11.3 Å². The molecule has 1 saturated heterocycles. The highest BCUT2D eigenvalue weighted by atomic mass is 16.7. The molecule has 3 heterocycles. The number of hydrogen-bond acceptors (Lipinski definition) is 6. The zero-order chi connectivity index (χ0) is 17.2. The summed E-state index contributed by atoms with van der Waals surface area (Å²) in [6.45, 7) is 5.13. The number of carbonyl (C=O) groups is 1. The van der Waals surface area contributed by atoms with Crippen LogP contribution in [0.4, 0.5) is 5.82 Å². The van der Waals surface area contributed by atoms with Crippen molar-refractivity contribution >= 4 is 17.4 Å². The average molecular weight is 327 g/mol. The Balaban J connectivity index is 1.56. The molecule has 0 radical (unpaired) electrons. The van der Waals surface area contributed by atoms with Crippen LogP contribution in [0.15, 0.2) is 23.5 Å². The summed E-state index contributed by atoms with van der Waals surface area (Å²) in [7, 11) is 0. The maximum atomic E-state index is 12.5. The van der Waals surface area contributed by atoms with Gasteiger partial charge in [-0.25, -0.2) is 4.98 Å². The third kappa shape index (κ3) is 3.18. The van der Waals surface area contributed by atoms with Crippen LogP contribution in [0.25, 0.3) is 0 Å². The number of nitrogens with zero attached hydrogens (tertiary/aromatic N) is 4. The molecule has 1 N–H and O–H groups in total. The monoisotopic (exact) mass is 327 g/mol. The summed E-state index contributed by atoms with van der Waals surface area (Å²) < 4.78 is 0. The molecule has 0 bridgehead atoms. The highest BCUT2D eigenvalue weighted by Crippen LogP contribution is 2.25. The van der Waals surface area contributed by atoms with Gasteiger partial charge in [0.25, 0.3) is 5.91 Å². The van der Waals surface area contributed by atoms with Crippen LogP contribution in [0.5, 0.6) is 0 Å². The molecule has 2 aliphatic rings. The number of amides is 1. The Morgan fingerprint density at radius 1 is 1.50 bits per heavy atom. The average Bonchev–Trinajstić information content (AvgIpc) is 2.96. The van der Waals surface area contributed by atoms with Crippen molar-refractivity contribution in [1.29, 1.82) is 5.26 Å². The van der Waals surface area contributed by atoms with Crippen LogP contribution in [0, 0.1) is 11.3 Å². The van der Waals surface area contributed by atoms with E-state index in [2.05, 4.69) is 26.4 Å². The number of nitriles is 1. The SMILES string of the molecule is CC1=NOC(C)(C(=O)NC2CCN(c3ncccc3C#N)CC2)C1. The first-order valence-corrected chi connectivity index (χ1v) is 8.14. The van der Waals surface area contributed by atoms with Gasteiger partial charge in [-0.2, -0.15) is 5.26 Å². The number of carbonyl (C=O) groups excluding carboxylic acids is 1. The van der Waals surface area contributed by atoms with Crippen molar-refractivity contribution < 1.29 is 9.63 Å². The van der Waals surface area contributed by atoms with E-state index in [1.54, 1.807) is 25.3 Å². The van der Waals surface area contributed by atoms with E-state index in [1.807, 2.05) is 6.92 Å². The topological polar surface area (TPSA) is 90.6 Å². The number of piperidine rings is 1. The first-order chi connectivity index (χ1) is 11.5. The van der Waals surface area contributed by atoms with E-state index in [0.717, 1.165) is 37.5 Å². The Kier molecular flexibility index (Phi) is 4.38. The summed E-state index contributed by atoms with van der Waals surface area (Å²) in [6.07, 6.45) is 3.84. The fourth-order valence-corrected chi connectivity index (χ4v) is 3.16. The van der Waals surface area contributed by atoms with Crippen molar-refractivity contribution in [2.45, 2.75) is 44.8 Å². The van der Waals surface area contributed by atoms with Crippen LogP contribution in [0.3, 0.4) is 0 Å². The van der Waals surface area contributed by atoms with Gasteiger partial charge in [0.15, 0.2) is 0 Å². The summed E-state index contributed by atoms with van der Waals surface area (Å²) >= 11 is 0. The van der Waals surface area contributed by atoms with Crippen molar-refractivity contribution in [3.8, 4) is 6.07 Å². The fourth-order valence-electron chi connectivity index (χ4n) is 3.16. The number of nitrogens with one attached hydrogen (secondary N) is 1. The summed E-state index contributed by atoms with van der Waals surface area (Å²) in [5.74, 6) is 0.608. The Labute approximate surface area is 141 Å². The first-order valence-electron chi connectivity index (χ1n) is 8.14. The largest absolute Gasteiger partial charge is 0.379 e. The van der Waals surface area contributed by atoms with Gasteiger partial charge >= 0.3 is 0 Å². The van der Waals surface area contributed by atoms with Gasteiger partial charge in [0, 0.05) is 31.7 Å². The van der Waals surface area contributed by atoms with E-state index in [1.165, 1.54) is 0 Å². The van der Waals surface area contributed by atoms with Crippen LogP contribution in [-0.2, 0) is 9.63 Å². The van der Waals surface area contributed by atoms with E-state index in [9.17, 15) is 10.1 Å². The Hall–Kier alpha value is -2.62. The Bertz CT molecular complexity index is 703. The smallest absolute Gasteiger partial charge is 0.267 e. The highest BCUT2D eigenvalue weighted by molar-refractivity contribution is 5.94. The van der Waals surface area contributed by atoms with Crippen LogP contribution in [0.2, 0.25) is 0 Å². The van der Waals surface area contributed by atoms with Gasteiger partial charge in [-0.1, -0.05) is 5.16 Å². The molecule has 0 spiro atoms. The lowest BCUT2D eigenvalue weighted by Gasteiger charge is -2.34. The number of hydrogen-bond donors (Lipinski definition) is 1. The molecule has 0 saturated carbocycles. The number of oxime groups is 1. The van der Waals surface area contributed by atoms with Crippen LogP contribution in [-0.4, -0.2) is 41.3 Å². The standard InChI is InChI=1S/C17H21N5O2/c1-12-10-17(2,24-21-12)16(23)20-14-5-8-22(9-6-14)15-13(11-18)4-3-7-19-15/h3-4,7,14H,5-6,8-10H2,1-2H3,(H,20,23). The quantitative estimate of drug-likeness (QED) is 0.910. The van der Waals surface area contributed by atoms with E-state index >= 15 is 0 Å². The molecule has 1 unspecified atom stereocenters. The molecular weight excluding hydrogens is 306 g/mol. The van der Waals surface area contributed by atoms with Crippen LogP contribution < -0.4 is 10.2 Å². The molecule has 1 aromatic rings. The molecule has 1 aromatic heterocycles. The third-order valence-corrected chi connectivity index (χ3v) is 4.51. The predicted octanol–water partition coefficient (Wildman–Crippen LogP) is 1.59. The number of anilines is 1. The molecule has 1 amide bonds. The third-order valence-electron chi connectivity index (χ3n) is 4.51. The van der Waals surface area contributed by atoms with Gasteiger partial charge in [-0.05, 0) is 38.8 Å². The summed E-state index contributed by atoms with van der Waals surface area (Å²) in [5, 5.41) is 16.1. The van der Waals surface area contributed by atoms with E-state index in [-0.39, 0.29) is 11.9 Å². The fraction of sp³-hybridized carbons (Fsp3) is 0.529. The number of pyridine rings is 1. The Morgan fingerprint density at radius 3 is 2.88 bits per heavy atom. The van der Waals surface area contributed by atoms with Crippen molar-refractivity contribution in [3.05, 3.63) is 23.9 Å². The molecule has 7 nitrogen and oxygen atoms in total. The zero-order valence-electron chi connectivity index (χ0n) is 14.0. The van der Waals surface area contributed by atoms with Gasteiger partial charge in [-0.15, -0.1) is 0 Å². The molecule has 0 aromatic carbocycles. The lowest BCUT2D eigenvalue weighted by Crippen LogP contribution is -2.52. The minimum absolute atomic E-state index is 0.101. The molecular formula is C17H21N5O2. The van der Waals surface area contributed by atoms with Gasteiger partial charge in [0.1, 0.15) is 11.9 Å². The van der Waals surface area contributed by atoms with Crippen molar-refractivity contribution in [2.75, 3.05) is 18.0 Å². The highest BCUT2D eigenvalue weighted by Gasteiger charge is 2.41. The molecule has 2 aliphatic heterocycles. The summed E-state index contributed by atoms with van der Waals surface area (Å²) in [6, 6.07) is 5.82. The summed E-state index contributed by atoms with van der Waals surface area (Å²) in [4.78, 5) is 24.2. The molecule has 24 heavy (non-hydrogen) atoms. The minimum atomic E-state index is -0.893. The van der Waals surface area contributed by atoms with Gasteiger partial charge in [0.2, 0.25) is 5.60 Å². The molecule has 126 valence electrons. The minimum Gasteiger partial charge on any atom is -0.379 e. The van der Waals surface area contributed by atoms with E-state index in [4.69, 9.17) is 4.84 Å². The lowest BCUT2D eigenvalue weighted by molar-refractivity contribution is -0.142. The maximum absolute atomic E-state index is 12.5. The van der Waals surface area contributed by atoms with Crippen molar-refractivity contribution in [3.63, 3.8) is 0 Å². The summed E-state index contributed by atoms with van der Waals surface area (Å²) in [5.41, 5.74) is 0.525. The normalized spacial score (nSPS) is 24.0. The molecule has 7 heteroatoms. The second kappa shape index (κ2) is 6.48. The number of aromatic nitrogens is 1. The predicted molar refractivity (Wildman–Crippen MR) is 89.5 cm³/mol.